The van der Waals surface area contributed by atoms with Gasteiger partial charge in [-0.15, -0.1) is 11.3 Å². The topological polar surface area (TPSA) is 66.4 Å². The summed E-state index contributed by atoms with van der Waals surface area (Å²) in [6.45, 7) is -0.0290. The number of halogens is 2. The average molecular weight is 338 g/mol. The van der Waals surface area contributed by atoms with Gasteiger partial charge in [0.05, 0.1) is 4.34 Å². The number of hydrogen-bond donors (Lipinski definition) is 2. The summed E-state index contributed by atoms with van der Waals surface area (Å²) in [5.41, 5.74) is 0.475. The molecule has 0 amide bonds. The third-order valence-corrected chi connectivity index (χ3v) is 5.51. The van der Waals surface area contributed by atoms with Crippen molar-refractivity contribution < 1.29 is 13.5 Å². The molecule has 0 aliphatic rings. The second kappa shape index (κ2) is 5.68. The monoisotopic (exact) mass is 337 g/mol. The van der Waals surface area contributed by atoms with Gasteiger partial charge in [-0.3, -0.25) is 0 Å². The van der Waals surface area contributed by atoms with Gasteiger partial charge in [-0.05, 0) is 12.1 Å². The number of para-hydroxylation sites is 1. The van der Waals surface area contributed by atoms with Gasteiger partial charge in [0.1, 0.15) is 15.0 Å². The van der Waals surface area contributed by atoms with Crippen LogP contribution in [0.25, 0.3) is 0 Å². The Morgan fingerprint density at radius 2 is 1.95 bits per heavy atom. The first-order valence-electron chi connectivity index (χ1n) is 5.11. The van der Waals surface area contributed by atoms with Gasteiger partial charge in [0.2, 0.25) is 10.0 Å². The van der Waals surface area contributed by atoms with Crippen molar-refractivity contribution in [2.24, 2.45) is 0 Å². The van der Waals surface area contributed by atoms with E-state index >= 15 is 0 Å². The van der Waals surface area contributed by atoms with Gasteiger partial charge in [0.15, 0.2) is 0 Å². The molecule has 0 bridgehead atoms. The molecule has 0 radical (unpaired) electrons. The number of hydrogen-bond acceptors (Lipinski definition) is 4. The normalized spacial score (nSPS) is 11.7. The second-order valence-corrected chi connectivity index (χ2v) is 7.66. The maximum absolute atomic E-state index is 12.0. The Morgan fingerprint density at radius 1 is 1.26 bits per heavy atom. The van der Waals surface area contributed by atoms with Crippen LogP contribution in [0.1, 0.15) is 5.56 Å². The van der Waals surface area contributed by atoms with Crippen molar-refractivity contribution in [2.45, 2.75) is 11.4 Å². The van der Waals surface area contributed by atoms with E-state index < -0.39 is 10.0 Å². The molecule has 0 unspecified atom stereocenters. The minimum atomic E-state index is -3.75. The summed E-state index contributed by atoms with van der Waals surface area (Å²) in [6.07, 6.45) is 0. The van der Waals surface area contributed by atoms with E-state index in [-0.39, 0.29) is 21.5 Å². The molecule has 102 valence electrons. The molecular formula is C11H9Cl2NO3S2. The number of rotatable bonds is 4. The smallest absolute Gasteiger partial charge is 0.243 e. The Balaban J connectivity index is 2.19. The SMILES string of the molecule is O=S(=O)(NCc1ccccc1O)c1cc(Cl)sc1Cl. The van der Waals surface area contributed by atoms with E-state index in [0.717, 1.165) is 11.3 Å². The van der Waals surface area contributed by atoms with Gasteiger partial charge in [-0.2, -0.15) is 0 Å². The molecule has 8 heteroatoms. The predicted octanol–water partition coefficient (Wildman–Crippen LogP) is 3.24. The number of benzene rings is 1. The van der Waals surface area contributed by atoms with Crippen LogP contribution < -0.4 is 4.72 Å². The molecule has 2 rings (SSSR count). The fraction of sp³-hybridized carbons (Fsp3) is 0.0909. The van der Waals surface area contributed by atoms with E-state index in [1.54, 1.807) is 18.2 Å². The van der Waals surface area contributed by atoms with Crippen molar-refractivity contribution in [3.05, 3.63) is 44.6 Å². The molecule has 2 N–H and O–H groups in total. The number of aromatic hydroxyl groups is 1. The van der Waals surface area contributed by atoms with Crippen molar-refractivity contribution >= 4 is 44.6 Å². The molecule has 2 aromatic rings. The van der Waals surface area contributed by atoms with Crippen LogP contribution in [0.3, 0.4) is 0 Å². The molecular weight excluding hydrogens is 329 g/mol. The van der Waals surface area contributed by atoms with Crippen LogP contribution in [-0.4, -0.2) is 13.5 Å². The highest BCUT2D eigenvalue weighted by atomic mass is 35.5. The Morgan fingerprint density at radius 3 is 2.53 bits per heavy atom. The molecule has 1 heterocycles. The maximum atomic E-state index is 12.0. The Hall–Kier alpha value is -0.790. The average Bonchev–Trinajstić information content (AvgIpc) is 2.68. The zero-order valence-corrected chi connectivity index (χ0v) is 12.6. The minimum Gasteiger partial charge on any atom is -0.508 e. The molecule has 0 aliphatic heterocycles. The van der Waals surface area contributed by atoms with E-state index in [9.17, 15) is 13.5 Å². The molecule has 0 spiro atoms. The third-order valence-electron chi connectivity index (χ3n) is 2.36. The number of thiophene rings is 1. The van der Waals surface area contributed by atoms with Gasteiger partial charge in [0, 0.05) is 12.1 Å². The fourth-order valence-corrected chi connectivity index (χ4v) is 4.57. The Kier molecular flexibility index (Phi) is 4.37. The predicted molar refractivity (Wildman–Crippen MR) is 76.5 cm³/mol. The van der Waals surface area contributed by atoms with Crippen molar-refractivity contribution in [2.75, 3.05) is 0 Å². The summed E-state index contributed by atoms with van der Waals surface area (Å²) in [4.78, 5) is -0.0559. The fourth-order valence-electron chi connectivity index (χ4n) is 1.42. The lowest BCUT2D eigenvalue weighted by molar-refractivity contribution is 0.467. The van der Waals surface area contributed by atoms with Crippen molar-refractivity contribution in [3.8, 4) is 5.75 Å². The Bertz CT molecular complexity index is 698. The highest BCUT2D eigenvalue weighted by Crippen LogP contribution is 2.34. The largest absolute Gasteiger partial charge is 0.508 e. The highest BCUT2D eigenvalue weighted by molar-refractivity contribution is 7.89. The van der Waals surface area contributed by atoms with Crippen LogP contribution in [0.2, 0.25) is 8.67 Å². The molecule has 0 atom stereocenters. The van der Waals surface area contributed by atoms with Gasteiger partial charge in [-0.1, -0.05) is 41.4 Å². The van der Waals surface area contributed by atoms with Crippen LogP contribution in [0, 0.1) is 0 Å². The first-order chi connectivity index (χ1) is 8.90. The lowest BCUT2D eigenvalue weighted by Gasteiger charge is -2.07. The standard InChI is InChI=1S/C11H9Cl2NO3S2/c12-10-5-9(11(13)18-10)19(16,17)14-6-7-3-1-2-4-8(7)15/h1-5,14-15H,6H2. The first-order valence-corrected chi connectivity index (χ1v) is 8.17. The quantitative estimate of drug-likeness (QED) is 0.899. The number of nitrogens with one attached hydrogen (secondary N) is 1. The highest BCUT2D eigenvalue weighted by Gasteiger charge is 2.20. The van der Waals surface area contributed by atoms with E-state index in [4.69, 9.17) is 23.2 Å². The van der Waals surface area contributed by atoms with Crippen LogP contribution in [0.5, 0.6) is 5.75 Å². The molecule has 0 fully saturated rings. The molecule has 4 nitrogen and oxygen atoms in total. The van der Waals surface area contributed by atoms with Crippen LogP contribution in [0.15, 0.2) is 35.2 Å². The molecule has 1 aromatic heterocycles. The van der Waals surface area contributed by atoms with Crippen molar-refractivity contribution in [1.82, 2.24) is 4.72 Å². The summed E-state index contributed by atoms with van der Waals surface area (Å²) in [5.74, 6) is 0.0275. The van der Waals surface area contributed by atoms with Gasteiger partial charge in [-0.25, -0.2) is 13.1 Å². The molecule has 1 aromatic carbocycles. The van der Waals surface area contributed by atoms with Crippen molar-refractivity contribution in [3.63, 3.8) is 0 Å². The molecule has 0 saturated carbocycles. The zero-order chi connectivity index (χ0) is 14.0. The van der Waals surface area contributed by atoms with Crippen LogP contribution in [0.4, 0.5) is 0 Å². The second-order valence-electron chi connectivity index (χ2n) is 3.64. The van der Waals surface area contributed by atoms with E-state index in [1.807, 2.05) is 0 Å². The summed E-state index contributed by atoms with van der Waals surface area (Å²) in [6, 6.07) is 7.76. The first kappa shape index (κ1) is 14.6. The van der Waals surface area contributed by atoms with Crippen molar-refractivity contribution in [1.29, 1.82) is 0 Å². The van der Waals surface area contributed by atoms with Crippen LogP contribution >= 0.6 is 34.5 Å². The Labute approximate surface area is 124 Å². The zero-order valence-electron chi connectivity index (χ0n) is 9.43. The molecule has 0 aliphatic carbocycles. The lowest BCUT2D eigenvalue weighted by atomic mass is 10.2. The summed E-state index contributed by atoms with van der Waals surface area (Å²) in [7, 11) is -3.75. The minimum absolute atomic E-state index is 0.0275. The van der Waals surface area contributed by atoms with E-state index in [2.05, 4.69) is 4.72 Å². The summed E-state index contributed by atoms with van der Waals surface area (Å²) < 4.78 is 26.8. The molecule has 19 heavy (non-hydrogen) atoms. The number of phenols is 1. The van der Waals surface area contributed by atoms with E-state index in [0.29, 0.717) is 9.90 Å². The van der Waals surface area contributed by atoms with Gasteiger partial charge < -0.3 is 5.11 Å². The maximum Gasteiger partial charge on any atom is 0.243 e. The van der Waals surface area contributed by atoms with Gasteiger partial charge >= 0.3 is 0 Å². The van der Waals surface area contributed by atoms with Gasteiger partial charge in [0.25, 0.3) is 0 Å². The number of phenolic OH excluding ortho intramolecular Hbond substituents is 1. The molecule has 0 saturated heterocycles. The van der Waals surface area contributed by atoms with E-state index in [1.165, 1.54) is 12.1 Å². The lowest BCUT2D eigenvalue weighted by Crippen LogP contribution is -2.23. The summed E-state index contributed by atoms with van der Waals surface area (Å²) in [5, 5.41) is 9.56. The third kappa shape index (κ3) is 3.40. The summed E-state index contributed by atoms with van der Waals surface area (Å²) >= 11 is 12.5. The number of sulfonamides is 1. The van der Waals surface area contributed by atoms with Crippen LogP contribution in [-0.2, 0) is 16.6 Å².